The summed E-state index contributed by atoms with van der Waals surface area (Å²) in [7, 11) is -1.97. The Morgan fingerprint density at radius 2 is 2.07 bits per heavy atom. The van der Waals surface area contributed by atoms with Crippen LogP contribution in [0.1, 0.15) is 23.5 Å². The van der Waals surface area contributed by atoms with Crippen LogP contribution in [0.25, 0.3) is 0 Å². The van der Waals surface area contributed by atoms with Crippen LogP contribution in [0, 0.1) is 0 Å². The Labute approximate surface area is 179 Å². The molecule has 8 nitrogen and oxygen atoms in total. The third-order valence-corrected chi connectivity index (χ3v) is 5.60. The Morgan fingerprint density at radius 3 is 2.70 bits per heavy atom. The zero-order valence-electron chi connectivity index (χ0n) is 16.3. The van der Waals surface area contributed by atoms with Crippen LogP contribution in [0.15, 0.2) is 65.4 Å². The van der Waals surface area contributed by atoms with E-state index in [-0.39, 0.29) is 12.1 Å². The second kappa shape index (κ2) is 7.96. The maximum absolute atomic E-state index is 11.6. The standard InChI is InChI=1S/C20H20N4O4S2/c1-27-17-12-13(8-9-14(17)23-30(2,25)26)24-19(16-7-5-11-28-16)18(22-20(24)29)15-6-3-4-10-21-15/h3-12,18-19,23H,1-2H3,(H,22,29)/t18-,19+/m1/s1. The van der Waals surface area contributed by atoms with Gasteiger partial charge in [-0.1, -0.05) is 6.07 Å². The van der Waals surface area contributed by atoms with Gasteiger partial charge in [0.05, 0.1) is 37.1 Å². The number of nitrogens with one attached hydrogen (secondary N) is 2. The predicted octanol–water partition coefficient (Wildman–Crippen LogP) is 3.23. The molecule has 0 radical (unpaired) electrons. The van der Waals surface area contributed by atoms with E-state index < -0.39 is 10.0 Å². The number of aromatic nitrogens is 1. The molecule has 0 bridgehead atoms. The highest BCUT2D eigenvalue weighted by molar-refractivity contribution is 7.92. The largest absolute Gasteiger partial charge is 0.494 e. The van der Waals surface area contributed by atoms with Crippen LogP contribution in [0.2, 0.25) is 0 Å². The van der Waals surface area contributed by atoms with E-state index in [1.54, 1.807) is 30.7 Å². The Bertz CT molecular complexity index is 1150. The summed E-state index contributed by atoms with van der Waals surface area (Å²) in [5, 5.41) is 3.83. The second-order valence-corrected chi connectivity index (χ2v) is 8.91. The lowest BCUT2D eigenvalue weighted by Gasteiger charge is -2.26. The average Bonchev–Trinajstić information content (AvgIpc) is 3.35. The molecule has 156 valence electrons. The Kier molecular flexibility index (Phi) is 5.35. The normalized spacial score (nSPS) is 18.9. The highest BCUT2D eigenvalue weighted by atomic mass is 32.2. The minimum atomic E-state index is -3.45. The molecule has 0 aliphatic carbocycles. The summed E-state index contributed by atoms with van der Waals surface area (Å²) in [4.78, 5) is 6.40. The van der Waals surface area contributed by atoms with Crippen molar-refractivity contribution in [1.82, 2.24) is 10.3 Å². The monoisotopic (exact) mass is 444 g/mol. The summed E-state index contributed by atoms with van der Waals surface area (Å²) in [5.41, 5.74) is 1.90. The molecule has 4 rings (SSSR count). The summed E-state index contributed by atoms with van der Waals surface area (Å²) in [6.45, 7) is 0. The van der Waals surface area contributed by atoms with Crippen molar-refractivity contribution < 1.29 is 17.6 Å². The van der Waals surface area contributed by atoms with Gasteiger partial charge in [-0.25, -0.2) is 8.42 Å². The van der Waals surface area contributed by atoms with Crippen molar-refractivity contribution in [1.29, 1.82) is 0 Å². The van der Waals surface area contributed by atoms with Crippen LogP contribution in [-0.2, 0) is 10.0 Å². The molecular weight excluding hydrogens is 424 g/mol. The molecule has 0 amide bonds. The van der Waals surface area contributed by atoms with Crippen molar-refractivity contribution >= 4 is 38.7 Å². The first-order chi connectivity index (χ1) is 14.4. The smallest absolute Gasteiger partial charge is 0.229 e. The van der Waals surface area contributed by atoms with Crippen molar-refractivity contribution in [3.8, 4) is 5.75 Å². The van der Waals surface area contributed by atoms with Gasteiger partial charge in [0.15, 0.2) is 5.11 Å². The van der Waals surface area contributed by atoms with E-state index in [4.69, 9.17) is 21.4 Å². The van der Waals surface area contributed by atoms with E-state index in [9.17, 15) is 8.42 Å². The van der Waals surface area contributed by atoms with E-state index in [0.29, 0.717) is 16.5 Å². The number of rotatable bonds is 6. The maximum atomic E-state index is 11.6. The van der Waals surface area contributed by atoms with Crippen LogP contribution in [0.3, 0.4) is 0 Å². The van der Waals surface area contributed by atoms with Crippen molar-refractivity contribution in [3.05, 3.63) is 72.4 Å². The molecule has 3 heterocycles. The van der Waals surface area contributed by atoms with Gasteiger partial charge in [-0.2, -0.15) is 0 Å². The first kappa shape index (κ1) is 20.2. The predicted molar refractivity (Wildman–Crippen MR) is 118 cm³/mol. The van der Waals surface area contributed by atoms with Crippen molar-refractivity contribution in [2.75, 3.05) is 23.0 Å². The van der Waals surface area contributed by atoms with E-state index in [2.05, 4.69) is 15.0 Å². The number of furan rings is 1. The minimum Gasteiger partial charge on any atom is -0.494 e. The number of thiocarbonyl (C=S) groups is 1. The van der Waals surface area contributed by atoms with Crippen LogP contribution >= 0.6 is 12.2 Å². The van der Waals surface area contributed by atoms with E-state index in [1.165, 1.54) is 7.11 Å². The van der Waals surface area contributed by atoms with Gasteiger partial charge < -0.3 is 19.4 Å². The van der Waals surface area contributed by atoms with Crippen LogP contribution in [-0.4, -0.2) is 31.9 Å². The fourth-order valence-corrected chi connectivity index (χ4v) is 4.41. The molecule has 1 fully saturated rings. The Morgan fingerprint density at radius 1 is 1.23 bits per heavy atom. The highest BCUT2D eigenvalue weighted by Gasteiger charge is 2.42. The average molecular weight is 445 g/mol. The topological polar surface area (TPSA) is 96.7 Å². The van der Waals surface area contributed by atoms with Gasteiger partial charge in [0.1, 0.15) is 17.6 Å². The lowest BCUT2D eigenvalue weighted by atomic mass is 10.0. The number of methoxy groups -OCH3 is 1. The zero-order valence-corrected chi connectivity index (χ0v) is 17.9. The van der Waals surface area contributed by atoms with Crippen LogP contribution in [0.4, 0.5) is 11.4 Å². The van der Waals surface area contributed by atoms with Gasteiger partial charge in [-0.05, 0) is 48.6 Å². The van der Waals surface area contributed by atoms with Crippen molar-refractivity contribution in [3.63, 3.8) is 0 Å². The summed E-state index contributed by atoms with van der Waals surface area (Å²) >= 11 is 5.64. The first-order valence-electron chi connectivity index (χ1n) is 9.07. The lowest BCUT2D eigenvalue weighted by molar-refractivity contribution is 0.415. The number of nitrogens with zero attached hydrogens (tertiary/aromatic N) is 2. The molecule has 30 heavy (non-hydrogen) atoms. The molecule has 2 aromatic heterocycles. The van der Waals surface area contributed by atoms with Crippen molar-refractivity contribution in [2.24, 2.45) is 0 Å². The van der Waals surface area contributed by atoms with Gasteiger partial charge in [0.25, 0.3) is 0 Å². The number of sulfonamides is 1. The number of hydrogen-bond donors (Lipinski definition) is 2. The summed E-state index contributed by atoms with van der Waals surface area (Å²) in [6.07, 6.45) is 4.44. The van der Waals surface area contributed by atoms with Gasteiger partial charge in [-0.15, -0.1) is 0 Å². The van der Waals surface area contributed by atoms with E-state index >= 15 is 0 Å². The molecule has 1 aliphatic heterocycles. The maximum Gasteiger partial charge on any atom is 0.229 e. The van der Waals surface area contributed by atoms with E-state index in [1.807, 2.05) is 35.2 Å². The minimum absolute atomic E-state index is 0.232. The lowest BCUT2D eigenvalue weighted by Crippen LogP contribution is -2.29. The number of benzene rings is 1. The molecule has 1 saturated heterocycles. The second-order valence-electron chi connectivity index (χ2n) is 6.77. The number of ether oxygens (including phenoxy) is 1. The van der Waals surface area contributed by atoms with Crippen LogP contribution in [0.5, 0.6) is 5.75 Å². The number of anilines is 2. The van der Waals surface area contributed by atoms with Crippen LogP contribution < -0.4 is 19.7 Å². The first-order valence-corrected chi connectivity index (χ1v) is 11.4. The van der Waals surface area contributed by atoms with Gasteiger partial charge >= 0.3 is 0 Å². The highest BCUT2D eigenvalue weighted by Crippen LogP contribution is 2.43. The fraction of sp³-hybridized carbons (Fsp3) is 0.200. The molecule has 10 heteroatoms. The third-order valence-electron chi connectivity index (χ3n) is 4.69. The molecular formula is C20H20N4O4S2. The number of hydrogen-bond acceptors (Lipinski definition) is 6. The molecule has 2 N–H and O–H groups in total. The SMILES string of the molecule is COc1cc(N2C(=S)N[C@H](c3ccccn3)[C@@H]2c2ccco2)ccc1NS(C)(=O)=O. The Hall–Kier alpha value is -3.11. The quantitative estimate of drug-likeness (QED) is 0.560. The molecule has 1 aliphatic rings. The molecule has 3 aromatic rings. The molecule has 0 saturated carbocycles. The third kappa shape index (κ3) is 3.96. The van der Waals surface area contributed by atoms with Gasteiger partial charge in [-0.3, -0.25) is 9.71 Å². The number of pyridine rings is 1. The zero-order chi connectivity index (χ0) is 21.3. The summed E-state index contributed by atoms with van der Waals surface area (Å²) < 4.78 is 36.9. The molecule has 2 atom stereocenters. The molecule has 0 unspecified atom stereocenters. The van der Waals surface area contributed by atoms with Gasteiger partial charge in [0, 0.05) is 18.0 Å². The fourth-order valence-electron chi connectivity index (χ4n) is 3.50. The summed E-state index contributed by atoms with van der Waals surface area (Å²) in [5.74, 6) is 1.09. The molecule has 1 aromatic carbocycles. The van der Waals surface area contributed by atoms with Crippen molar-refractivity contribution in [2.45, 2.75) is 12.1 Å². The Balaban J connectivity index is 1.78. The van der Waals surface area contributed by atoms with E-state index in [0.717, 1.165) is 23.4 Å². The molecule has 0 spiro atoms. The van der Waals surface area contributed by atoms with Gasteiger partial charge in [0.2, 0.25) is 10.0 Å². The summed E-state index contributed by atoms with van der Waals surface area (Å²) in [6, 6.07) is 14.1.